The molecule has 3 aromatic carbocycles. The van der Waals surface area contributed by atoms with Crippen LogP contribution in [-0.2, 0) is 12.4 Å². The molecular formula is C34H10F6N6. The van der Waals surface area contributed by atoms with Gasteiger partial charge in [-0.05, 0) is 33.4 Å². The number of fused-ring (bicyclic) bond motifs is 2. The molecule has 0 aromatic heterocycles. The largest absolute Gasteiger partial charge is 0.417 e. The van der Waals surface area contributed by atoms with Crippen LogP contribution in [0.5, 0.6) is 0 Å². The van der Waals surface area contributed by atoms with Crippen LogP contribution in [-0.4, -0.2) is 0 Å². The van der Waals surface area contributed by atoms with E-state index in [2.05, 4.69) is 9.69 Å². The average Bonchev–Trinajstić information content (AvgIpc) is 3.54. The molecule has 2 aliphatic carbocycles. The van der Waals surface area contributed by atoms with Crippen LogP contribution in [0.3, 0.4) is 0 Å². The van der Waals surface area contributed by atoms with Crippen molar-refractivity contribution in [3.05, 3.63) is 139 Å². The normalized spacial score (nSPS) is 15.8. The third-order valence-corrected chi connectivity index (χ3v) is 7.32. The SMILES string of the molecule is [C-]#[N+]/C(C#N)=C1/C(c2ccccc2)=C(C#N)c2c1c(C(F)(F)F)c1c(c2C(F)(F)F)/C(=C(\C#N)[N+]#[C-])C(c2ccccc2)=C1C#N. The number of halogens is 6. The monoisotopic (exact) mass is 616 g/mol. The molecule has 0 spiro atoms. The fourth-order valence-corrected chi connectivity index (χ4v) is 5.82. The van der Waals surface area contributed by atoms with Gasteiger partial charge in [-0.25, -0.2) is 20.2 Å². The Hall–Kier alpha value is -6.86. The van der Waals surface area contributed by atoms with Crippen LogP contribution in [0, 0.1) is 58.5 Å². The number of nitrogens with zero attached hydrogens (tertiary/aromatic N) is 6. The van der Waals surface area contributed by atoms with Crippen molar-refractivity contribution < 1.29 is 26.3 Å². The molecule has 0 heterocycles. The number of rotatable bonds is 2. The van der Waals surface area contributed by atoms with E-state index in [1.54, 1.807) is 12.1 Å². The average molecular weight is 616 g/mol. The predicted octanol–water partition coefficient (Wildman–Crippen LogP) is 8.93. The summed E-state index contributed by atoms with van der Waals surface area (Å²) in [5.41, 5.74) is -15.5. The van der Waals surface area contributed by atoms with Crippen molar-refractivity contribution in [1.82, 2.24) is 0 Å². The highest BCUT2D eigenvalue weighted by Crippen LogP contribution is 2.62. The quantitative estimate of drug-likeness (QED) is 0.163. The van der Waals surface area contributed by atoms with Crippen LogP contribution in [0.1, 0.15) is 44.5 Å². The first-order valence-electron chi connectivity index (χ1n) is 12.7. The number of alkyl halides is 6. The molecule has 0 bridgehead atoms. The number of hydrogen-bond donors (Lipinski definition) is 0. The lowest BCUT2D eigenvalue weighted by Gasteiger charge is -2.24. The van der Waals surface area contributed by atoms with Crippen LogP contribution < -0.4 is 0 Å². The predicted molar refractivity (Wildman–Crippen MR) is 152 cm³/mol. The van der Waals surface area contributed by atoms with E-state index in [-0.39, 0.29) is 11.1 Å². The Bertz CT molecular complexity index is 2070. The summed E-state index contributed by atoms with van der Waals surface area (Å²) in [5.74, 6) is 0. The third kappa shape index (κ3) is 4.39. The smallest absolute Gasteiger partial charge is 0.226 e. The lowest BCUT2D eigenvalue weighted by atomic mass is 9.82. The van der Waals surface area contributed by atoms with E-state index in [1.807, 2.05) is 0 Å². The molecule has 0 fully saturated rings. The van der Waals surface area contributed by atoms with Gasteiger partial charge in [-0.3, -0.25) is 0 Å². The first-order valence-corrected chi connectivity index (χ1v) is 12.7. The van der Waals surface area contributed by atoms with Gasteiger partial charge < -0.3 is 0 Å². The van der Waals surface area contributed by atoms with Crippen molar-refractivity contribution in [2.75, 3.05) is 0 Å². The number of allylic oxidation sites excluding steroid dienone is 8. The standard InChI is InChI=1S/C34H10F6N6/c1-45-21(15-43)27-23(17-9-5-3-6-10-17)19(13-41)25-29(27)31(33(35,36)37)26-20(14-42)24(18-11-7-4-8-12-18)28(22(16-44)46-2)30(26)32(25)34(38,39)40/h3-12H/b27-21-,28-22+. The van der Waals surface area contributed by atoms with E-state index in [0.29, 0.717) is 0 Å². The summed E-state index contributed by atoms with van der Waals surface area (Å²) in [6.45, 7) is 15.1. The van der Waals surface area contributed by atoms with E-state index in [0.717, 1.165) is 0 Å². The summed E-state index contributed by atoms with van der Waals surface area (Å²) in [6.07, 6.45) is -11.1. The maximum atomic E-state index is 15.4. The minimum absolute atomic E-state index is 0.0567. The Morgan fingerprint density at radius 1 is 0.543 bits per heavy atom. The molecule has 46 heavy (non-hydrogen) atoms. The highest BCUT2D eigenvalue weighted by atomic mass is 19.4. The molecule has 0 amide bonds. The molecule has 12 heteroatoms. The molecular weight excluding hydrogens is 606 g/mol. The van der Waals surface area contributed by atoms with E-state index >= 15 is 26.3 Å². The summed E-state index contributed by atoms with van der Waals surface area (Å²) in [4.78, 5) is 6.04. The Balaban J connectivity index is 2.24. The van der Waals surface area contributed by atoms with Crippen LogP contribution in [0.15, 0.2) is 72.1 Å². The highest BCUT2D eigenvalue weighted by molar-refractivity contribution is 6.31. The second kappa shape index (κ2) is 11.0. The van der Waals surface area contributed by atoms with Gasteiger partial charge in [0.2, 0.25) is 0 Å². The minimum atomic E-state index is -5.55. The molecule has 5 rings (SSSR count). The number of nitriles is 4. The molecule has 0 saturated heterocycles. The van der Waals surface area contributed by atoms with Gasteiger partial charge in [0.05, 0.1) is 47.6 Å². The van der Waals surface area contributed by atoms with Gasteiger partial charge in [0.25, 0.3) is 11.4 Å². The first kappa shape index (κ1) is 30.6. The zero-order valence-corrected chi connectivity index (χ0v) is 22.7. The van der Waals surface area contributed by atoms with Gasteiger partial charge in [-0.2, -0.15) is 36.9 Å². The van der Waals surface area contributed by atoms with Crippen LogP contribution in [0.2, 0.25) is 0 Å². The summed E-state index contributed by atoms with van der Waals surface area (Å²) in [5, 5.41) is 40.3. The zero-order valence-electron chi connectivity index (χ0n) is 22.7. The minimum Gasteiger partial charge on any atom is -0.226 e. The van der Waals surface area contributed by atoms with Gasteiger partial charge in [0.1, 0.15) is 12.1 Å². The lowest BCUT2D eigenvalue weighted by molar-refractivity contribution is -0.141. The molecule has 0 N–H and O–H groups in total. The molecule has 218 valence electrons. The Kier molecular flexibility index (Phi) is 7.32. The van der Waals surface area contributed by atoms with E-state index in [9.17, 15) is 21.0 Å². The van der Waals surface area contributed by atoms with Crippen molar-refractivity contribution >= 4 is 33.4 Å². The summed E-state index contributed by atoms with van der Waals surface area (Å²) in [6, 6.07) is 19.8. The molecule has 0 radical (unpaired) electrons. The van der Waals surface area contributed by atoms with Gasteiger partial charge in [0.15, 0.2) is 0 Å². The summed E-state index contributed by atoms with van der Waals surface area (Å²) < 4.78 is 92.5. The summed E-state index contributed by atoms with van der Waals surface area (Å²) >= 11 is 0. The van der Waals surface area contributed by atoms with Crippen LogP contribution >= 0.6 is 0 Å². The second-order valence-electron chi connectivity index (χ2n) is 9.60. The molecule has 0 aliphatic heterocycles. The Morgan fingerprint density at radius 2 is 0.870 bits per heavy atom. The van der Waals surface area contributed by atoms with Gasteiger partial charge in [0, 0.05) is 22.3 Å². The van der Waals surface area contributed by atoms with Crippen molar-refractivity contribution in [2.45, 2.75) is 12.4 Å². The Labute approximate surface area is 256 Å². The van der Waals surface area contributed by atoms with Gasteiger partial charge in [-0.15, -0.1) is 0 Å². The fraction of sp³-hybridized carbons (Fsp3) is 0.0588. The fourth-order valence-electron chi connectivity index (χ4n) is 5.82. The molecule has 0 atom stereocenters. The Morgan fingerprint density at radius 3 is 1.11 bits per heavy atom. The van der Waals surface area contributed by atoms with E-state index in [1.165, 1.54) is 72.8 Å². The van der Waals surface area contributed by atoms with Crippen LogP contribution in [0.4, 0.5) is 26.3 Å². The molecule has 6 nitrogen and oxygen atoms in total. The van der Waals surface area contributed by atoms with Crippen molar-refractivity contribution in [2.24, 2.45) is 0 Å². The molecule has 0 unspecified atom stereocenters. The third-order valence-electron chi connectivity index (χ3n) is 7.32. The highest BCUT2D eigenvalue weighted by Gasteiger charge is 2.53. The lowest BCUT2D eigenvalue weighted by Crippen LogP contribution is -2.20. The maximum absolute atomic E-state index is 15.4. The number of benzene rings is 3. The van der Waals surface area contributed by atoms with Gasteiger partial charge in [-0.1, -0.05) is 60.7 Å². The molecule has 3 aromatic rings. The van der Waals surface area contributed by atoms with Crippen molar-refractivity contribution in [3.63, 3.8) is 0 Å². The first-order chi connectivity index (χ1) is 21.9. The zero-order chi connectivity index (χ0) is 33.6. The van der Waals surface area contributed by atoms with Crippen molar-refractivity contribution in [1.29, 1.82) is 21.0 Å². The molecule has 0 saturated carbocycles. The van der Waals surface area contributed by atoms with E-state index < -0.39 is 90.6 Å². The topological polar surface area (TPSA) is 104 Å². The van der Waals surface area contributed by atoms with Gasteiger partial charge >= 0.3 is 12.4 Å². The second-order valence-corrected chi connectivity index (χ2v) is 9.60. The maximum Gasteiger partial charge on any atom is 0.417 e. The van der Waals surface area contributed by atoms with E-state index in [4.69, 9.17) is 13.1 Å². The van der Waals surface area contributed by atoms with Crippen LogP contribution in [0.25, 0.3) is 43.1 Å². The summed E-state index contributed by atoms with van der Waals surface area (Å²) in [7, 11) is 0. The van der Waals surface area contributed by atoms with Crippen molar-refractivity contribution in [3.8, 4) is 24.3 Å². The number of hydrogen-bond acceptors (Lipinski definition) is 4. The molecule has 2 aliphatic rings.